The van der Waals surface area contributed by atoms with Crippen LogP contribution in [0.4, 0.5) is 0 Å². The Labute approximate surface area is 85.3 Å². The minimum atomic E-state index is 0.401. The molecule has 1 aromatic rings. The summed E-state index contributed by atoms with van der Waals surface area (Å²) in [5, 5.41) is 7.91. The van der Waals surface area contributed by atoms with Gasteiger partial charge in [0.05, 0.1) is 0 Å². The number of rotatable bonds is 5. The minimum Gasteiger partial charge on any atom is -0.425 e. The number of aromatic nitrogens is 2. The van der Waals surface area contributed by atoms with Gasteiger partial charge >= 0.3 is 0 Å². The first-order valence-electron chi connectivity index (χ1n) is 5.08. The highest BCUT2D eigenvalue weighted by molar-refractivity contribution is 4.90. The molecule has 0 saturated heterocycles. The van der Waals surface area contributed by atoms with Crippen molar-refractivity contribution in [2.24, 2.45) is 0 Å². The van der Waals surface area contributed by atoms with Crippen molar-refractivity contribution in [2.45, 2.75) is 32.6 Å². The van der Waals surface area contributed by atoms with Gasteiger partial charge in [-0.15, -0.1) is 10.2 Å². The monoisotopic (exact) mass is 197 g/mol. The second kappa shape index (κ2) is 5.10. The third kappa shape index (κ3) is 3.10. The van der Waals surface area contributed by atoms with Gasteiger partial charge < -0.3 is 9.32 Å². The third-order valence-electron chi connectivity index (χ3n) is 2.31. The Bertz CT molecular complexity index is 270. The second-order valence-corrected chi connectivity index (χ2v) is 3.86. The molecule has 1 heterocycles. The minimum absolute atomic E-state index is 0.401. The van der Waals surface area contributed by atoms with Crippen molar-refractivity contribution in [1.82, 2.24) is 15.1 Å². The van der Waals surface area contributed by atoms with Crippen molar-refractivity contribution >= 4 is 0 Å². The van der Waals surface area contributed by atoms with E-state index in [2.05, 4.69) is 36.1 Å². The van der Waals surface area contributed by atoms with Gasteiger partial charge in [-0.1, -0.05) is 6.92 Å². The zero-order chi connectivity index (χ0) is 10.6. The number of nitrogens with zero attached hydrogens (tertiary/aromatic N) is 3. The summed E-state index contributed by atoms with van der Waals surface area (Å²) >= 11 is 0. The molecule has 1 unspecified atom stereocenters. The van der Waals surface area contributed by atoms with Gasteiger partial charge in [-0.25, -0.2) is 0 Å². The van der Waals surface area contributed by atoms with Gasteiger partial charge in [-0.2, -0.15) is 0 Å². The zero-order valence-corrected chi connectivity index (χ0v) is 9.45. The highest BCUT2D eigenvalue weighted by atomic mass is 16.4. The van der Waals surface area contributed by atoms with E-state index in [1.165, 1.54) is 0 Å². The molecule has 0 saturated carbocycles. The Kier molecular flexibility index (Phi) is 4.07. The maximum Gasteiger partial charge on any atom is 0.219 e. The highest BCUT2D eigenvalue weighted by Crippen LogP contribution is 2.21. The van der Waals surface area contributed by atoms with Gasteiger partial charge in [-0.3, -0.25) is 0 Å². The van der Waals surface area contributed by atoms with Gasteiger partial charge in [0.1, 0.15) is 0 Å². The zero-order valence-electron chi connectivity index (χ0n) is 9.45. The molecule has 0 spiro atoms. The largest absolute Gasteiger partial charge is 0.425 e. The van der Waals surface area contributed by atoms with E-state index in [0.717, 1.165) is 25.3 Å². The fourth-order valence-corrected chi connectivity index (χ4v) is 1.39. The first-order chi connectivity index (χ1) is 6.63. The van der Waals surface area contributed by atoms with E-state index in [1.54, 1.807) is 0 Å². The Morgan fingerprint density at radius 2 is 2.07 bits per heavy atom. The van der Waals surface area contributed by atoms with E-state index in [-0.39, 0.29) is 0 Å². The predicted molar refractivity (Wildman–Crippen MR) is 55.2 cm³/mol. The molecule has 0 aliphatic carbocycles. The van der Waals surface area contributed by atoms with E-state index in [4.69, 9.17) is 4.42 Å². The van der Waals surface area contributed by atoms with Gasteiger partial charge in [0.15, 0.2) is 0 Å². The van der Waals surface area contributed by atoms with Crippen molar-refractivity contribution in [3.05, 3.63) is 11.8 Å². The van der Waals surface area contributed by atoms with Crippen molar-refractivity contribution in [3.8, 4) is 0 Å². The summed E-state index contributed by atoms with van der Waals surface area (Å²) < 4.78 is 5.43. The van der Waals surface area contributed by atoms with Crippen LogP contribution in [0.1, 0.15) is 37.5 Å². The van der Waals surface area contributed by atoms with Crippen LogP contribution in [0.2, 0.25) is 0 Å². The van der Waals surface area contributed by atoms with E-state index in [9.17, 15) is 0 Å². The maximum atomic E-state index is 5.43. The van der Waals surface area contributed by atoms with Gasteiger partial charge in [0.2, 0.25) is 11.8 Å². The lowest BCUT2D eigenvalue weighted by Gasteiger charge is -2.14. The maximum absolute atomic E-state index is 5.43. The lowest BCUT2D eigenvalue weighted by atomic mass is 10.0. The molecular formula is C10H19N3O. The highest BCUT2D eigenvalue weighted by Gasteiger charge is 2.15. The molecule has 1 rings (SSSR count). The van der Waals surface area contributed by atoms with Gasteiger partial charge in [0.25, 0.3) is 0 Å². The Morgan fingerprint density at radius 1 is 1.36 bits per heavy atom. The summed E-state index contributed by atoms with van der Waals surface area (Å²) in [5.74, 6) is 1.84. The van der Waals surface area contributed by atoms with Crippen molar-refractivity contribution < 1.29 is 4.42 Å². The summed E-state index contributed by atoms with van der Waals surface area (Å²) in [5.41, 5.74) is 0. The van der Waals surface area contributed by atoms with Crippen LogP contribution < -0.4 is 0 Å². The standard InChI is InChI=1S/C10H19N3O/c1-5-9(6-7-13(3)4)10-12-11-8(2)14-10/h9H,5-7H2,1-4H3. The number of aryl methyl sites for hydroxylation is 1. The molecule has 0 aliphatic heterocycles. The molecule has 1 aromatic heterocycles. The first kappa shape index (κ1) is 11.2. The first-order valence-corrected chi connectivity index (χ1v) is 5.08. The van der Waals surface area contributed by atoms with Crippen LogP contribution >= 0.6 is 0 Å². The van der Waals surface area contributed by atoms with Crippen molar-refractivity contribution in [1.29, 1.82) is 0 Å². The topological polar surface area (TPSA) is 42.2 Å². The van der Waals surface area contributed by atoms with E-state index < -0.39 is 0 Å². The quantitative estimate of drug-likeness (QED) is 0.722. The molecule has 4 nitrogen and oxygen atoms in total. The molecule has 0 N–H and O–H groups in total. The second-order valence-electron chi connectivity index (χ2n) is 3.86. The van der Waals surface area contributed by atoms with Crippen LogP contribution in [-0.4, -0.2) is 35.7 Å². The van der Waals surface area contributed by atoms with Gasteiger partial charge in [-0.05, 0) is 33.5 Å². The average Bonchev–Trinajstić information content (AvgIpc) is 2.53. The predicted octanol–water partition coefficient (Wildman–Crippen LogP) is 1.82. The van der Waals surface area contributed by atoms with Crippen LogP contribution in [0.5, 0.6) is 0 Å². The van der Waals surface area contributed by atoms with Crippen LogP contribution in [0.3, 0.4) is 0 Å². The molecule has 0 radical (unpaired) electrons. The normalized spacial score (nSPS) is 13.5. The van der Waals surface area contributed by atoms with Crippen molar-refractivity contribution in [3.63, 3.8) is 0 Å². The molecule has 0 fully saturated rings. The van der Waals surface area contributed by atoms with E-state index in [1.807, 2.05) is 6.92 Å². The SMILES string of the molecule is CCC(CCN(C)C)c1nnc(C)o1. The van der Waals surface area contributed by atoms with Crippen LogP contribution in [0.15, 0.2) is 4.42 Å². The summed E-state index contributed by atoms with van der Waals surface area (Å²) in [6.45, 7) is 5.04. The average molecular weight is 197 g/mol. The summed E-state index contributed by atoms with van der Waals surface area (Å²) in [6.07, 6.45) is 2.13. The molecule has 4 heteroatoms. The van der Waals surface area contributed by atoms with Crippen molar-refractivity contribution in [2.75, 3.05) is 20.6 Å². The molecule has 0 aliphatic rings. The Balaban J connectivity index is 2.54. The van der Waals surface area contributed by atoms with Crippen LogP contribution in [-0.2, 0) is 0 Å². The third-order valence-corrected chi connectivity index (χ3v) is 2.31. The molecule has 1 atom stereocenters. The molecule has 0 amide bonds. The summed E-state index contributed by atoms with van der Waals surface area (Å²) in [6, 6.07) is 0. The number of hydrogen-bond acceptors (Lipinski definition) is 4. The molecular weight excluding hydrogens is 178 g/mol. The fraction of sp³-hybridized carbons (Fsp3) is 0.800. The Hall–Kier alpha value is -0.900. The Morgan fingerprint density at radius 3 is 2.50 bits per heavy atom. The van der Waals surface area contributed by atoms with Crippen LogP contribution in [0.25, 0.3) is 0 Å². The fourth-order valence-electron chi connectivity index (χ4n) is 1.39. The summed E-state index contributed by atoms with van der Waals surface area (Å²) in [7, 11) is 4.15. The van der Waals surface area contributed by atoms with Gasteiger partial charge in [0, 0.05) is 12.8 Å². The smallest absolute Gasteiger partial charge is 0.219 e. The van der Waals surface area contributed by atoms with Crippen LogP contribution in [0, 0.1) is 6.92 Å². The van der Waals surface area contributed by atoms with E-state index in [0.29, 0.717) is 11.8 Å². The number of hydrogen-bond donors (Lipinski definition) is 0. The molecule has 14 heavy (non-hydrogen) atoms. The summed E-state index contributed by atoms with van der Waals surface area (Å²) in [4.78, 5) is 2.17. The molecule has 80 valence electrons. The lowest BCUT2D eigenvalue weighted by Crippen LogP contribution is -2.15. The van der Waals surface area contributed by atoms with E-state index >= 15 is 0 Å². The lowest BCUT2D eigenvalue weighted by molar-refractivity contribution is 0.346. The molecule has 0 bridgehead atoms. The molecule has 0 aromatic carbocycles.